The van der Waals surface area contributed by atoms with Gasteiger partial charge in [-0.05, 0) is 32.7 Å². The summed E-state index contributed by atoms with van der Waals surface area (Å²) in [6.45, 7) is 4.32. The van der Waals surface area contributed by atoms with Crippen molar-refractivity contribution in [3.05, 3.63) is 0 Å². The molecule has 2 unspecified atom stereocenters. The molecule has 17 heavy (non-hydrogen) atoms. The highest BCUT2D eigenvalue weighted by Gasteiger charge is 2.44. The van der Waals surface area contributed by atoms with Gasteiger partial charge in [0.2, 0.25) is 11.8 Å². The van der Waals surface area contributed by atoms with Crippen molar-refractivity contribution in [2.75, 3.05) is 26.7 Å². The Kier molecular flexibility index (Phi) is 3.38. The first kappa shape index (κ1) is 12.4. The summed E-state index contributed by atoms with van der Waals surface area (Å²) >= 11 is 0. The first-order valence-electron chi connectivity index (χ1n) is 6.32. The van der Waals surface area contributed by atoms with Gasteiger partial charge in [0.1, 0.15) is 6.04 Å². The van der Waals surface area contributed by atoms with Gasteiger partial charge in [0, 0.05) is 20.1 Å². The predicted molar refractivity (Wildman–Crippen MR) is 64.4 cm³/mol. The topological polar surface area (TPSA) is 61.4 Å². The summed E-state index contributed by atoms with van der Waals surface area (Å²) in [6, 6.07) is -0.259. The Morgan fingerprint density at radius 2 is 2.24 bits per heavy atom. The molecule has 2 saturated heterocycles. The molecule has 0 aromatic carbocycles. The second-order valence-electron chi connectivity index (χ2n) is 5.26. The average molecular weight is 239 g/mol. The monoisotopic (exact) mass is 239 g/mol. The van der Waals surface area contributed by atoms with Gasteiger partial charge in [-0.1, -0.05) is 0 Å². The number of carbonyl (C=O) groups excluding carboxylic acids is 2. The molecule has 0 bridgehead atoms. The molecular weight excluding hydrogens is 218 g/mol. The number of nitrogens with one attached hydrogen (secondary N) is 2. The molecule has 2 aliphatic rings. The summed E-state index contributed by atoms with van der Waals surface area (Å²) in [5.41, 5.74) is -0.323. The minimum absolute atomic E-state index is 0.0367. The van der Waals surface area contributed by atoms with E-state index in [1.165, 1.54) is 0 Å². The number of hydrogen-bond donors (Lipinski definition) is 2. The van der Waals surface area contributed by atoms with Crippen molar-refractivity contribution in [3.8, 4) is 0 Å². The molecule has 2 atom stereocenters. The van der Waals surface area contributed by atoms with E-state index in [0.29, 0.717) is 6.54 Å². The van der Waals surface area contributed by atoms with Gasteiger partial charge in [0.05, 0.1) is 5.41 Å². The fourth-order valence-corrected chi connectivity index (χ4v) is 2.80. The molecule has 2 fully saturated rings. The lowest BCUT2D eigenvalue weighted by Gasteiger charge is -2.31. The first-order valence-corrected chi connectivity index (χ1v) is 6.32. The highest BCUT2D eigenvalue weighted by Crippen LogP contribution is 2.31. The van der Waals surface area contributed by atoms with Crippen LogP contribution < -0.4 is 10.6 Å². The minimum Gasteiger partial charge on any atom is -0.357 e. The first-order chi connectivity index (χ1) is 8.08. The molecule has 0 aromatic heterocycles. The molecule has 0 spiro atoms. The van der Waals surface area contributed by atoms with Crippen molar-refractivity contribution in [2.45, 2.75) is 32.2 Å². The van der Waals surface area contributed by atoms with E-state index in [9.17, 15) is 9.59 Å². The van der Waals surface area contributed by atoms with E-state index in [-0.39, 0.29) is 23.3 Å². The summed E-state index contributed by atoms with van der Waals surface area (Å²) in [6.07, 6.45) is 2.57. The van der Waals surface area contributed by atoms with Crippen molar-refractivity contribution in [1.82, 2.24) is 15.5 Å². The SMILES string of the molecule is CNC(=O)C1CCCN1C(=O)C1(C)CCNC1. The Hall–Kier alpha value is -1.10. The largest absolute Gasteiger partial charge is 0.357 e. The molecule has 5 nitrogen and oxygen atoms in total. The van der Waals surface area contributed by atoms with Crippen LogP contribution >= 0.6 is 0 Å². The zero-order valence-electron chi connectivity index (χ0n) is 10.6. The van der Waals surface area contributed by atoms with Crippen LogP contribution in [0, 0.1) is 5.41 Å². The summed E-state index contributed by atoms with van der Waals surface area (Å²) < 4.78 is 0. The van der Waals surface area contributed by atoms with Gasteiger partial charge in [0.15, 0.2) is 0 Å². The molecule has 2 aliphatic heterocycles. The van der Waals surface area contributed by atoms with Gasteiger partial charge in [0.25, 0.3) is 0 Å². The molecule has 0 saturated carbocycles. The number of carbonyl (C=O) groups is 2. The Morgan fingerprint density at radius 1 is 1.47 bits per heavy atom. The molecule has 96 valence electrons. The van der Waals surface area contributed by atoms with Crippen LogP contribution in [0.5, 0.6) is 0 Å². The zero-order chi connectivity index (χ0) is 12.5. The van der Waals surface area contributed by atoms with E-state index in [4.69, 9.17) is 0 Å². The molecular formula is C12H21N3O2. The molecule has 2 rings (SSSR count). The molecule has 2 amide bonds. The molecule has 2 heterocycles. The van der Waals surface area contributed by atoms with Crippen molar-refractivity contribution in [2.24, 2.45) is 5.41 Å². The zero-order valence-corrected chi connectivity index (χ0v) is 10.6. The second kappa shape index (κ2) is 4.64. The van der Waals surface area contributed by atoms with Crippen LogP contribution in [-0.2, 0) is 9.59 Å². The highest BCUT2D eigenvalue weighted by molar-refractivity contribution is 5.90. The Labute approximate surface area is 102 Å². The highest BCUT2D eigenvalue weighted by atomic mass is 16.2. The lowest BCUT2D eigenvalue weighted by molar-refractivity contribution is -0.145. The second-order valence-corrected chi connectivity index (χ2v) is 5.26. The van der Waals surface area contributed by atoms with Crippen molar-refractivity contribution in [1.29, 1.82) is 0 Å². The fourth-order valence-electron chi connectivity index (χ4n) is 2.80. The summed E-state index contributed by atoms with van der Waals surface area (Å²) in [5, 5.41) is 5.87. The van der Waals surface area contributed by atoms with Crippen LogP contribution in [0.2, 0.25) is 0 Å². The predicted octanol–water partition coefficient (Wildman–Crippen LogP) is -0.277. The molecule has 5 heteroatoms. The van der Waals surface area contributed by atoms with E-state index >= 15 is 0 Å². The van der Waals surface area contributed by atoms with Crippen molar-refractivity contribution < 1.29 is 9.59 Å². The van der Waals surface area contributed by atoms with E-state index < -0.39 is 0 Å². The number of likely N-dealkylation sites (tertiary alicyclic amines) is 1. The van der Waals surface area contributed by atoms with E-state index in [1.54, 1.807) is 11.9 Å². The van der Waals surface area contributed by atoms with Crippen LogP contribution in [0.1, 0.15) is 26.2 Å². The summed E-state index contributed by atoms with van der Waals surface area (Å²) in [7, 11) is 1.63. The summed E-state index contributed by atoms with van der Waals surface area (Å²) in [4.78, 5) is 26.0. The number of hydrogen-bond acceptors (Lipinski definition) is 3. The summed E-state index contributed by atoms with van der Waals surface area (Å²) in [5.74, 6) is 0.0963. The Balaban J connectivity index is 2.10. The van der Waals surface area contributed by atoms with Crippen LogP contribution in [0.25, 0.3) is 0 Å². The third-order valence-corrected chi connectivity index (χ3v) is 3.95. The van der Waals surface area contributed by atoms with Gasteiger partial charge < -0.3 is 15.5 Å². The van der Waals surface area contributed by atoms with Gasteiger partial charge in [-0.25, -0.2) is 0 Å². The normalized spacial score (nSPS) is 32.8. The number of likely N-dealkylation sites (N-methyl/N-ethyl adjacent to an activating group) is 1. The molecule has 2 N–H and O–H groups in total. The van der Waals surface area contributed by atoms with Crippen LogP contribution in [0.4, 0.5) is 0 Å². The third-order valence-electron chi connectivity index (χ3n) is 3.95. The van der Waals surface area contributed by atoms with E-state index in [2.05, 4.69) is 10.6 Å². The standard InChI is InChI=1S/C12H21N3O2/c1-12(5-6-14-8-12)11(17)15-7-3-4-9(15)10(16)13-2/h9,14H,3-8H2,1-2H3,(H,13,16). The van der Waals surface area contributed by atoms with Crippen molar-refractivity contribution in [3.63, 3.8) is 0 Å². The average Bonchev–Trinajstić information content (AvgIpc) is 2.96. The maximum atomic E-state index is 12.5. The molecule has 0 aromatic rings. The van der Waals surface area contributed by atoms with Gasteiger partial charge in [-0.2, -0.15) is 0 Å². The van der Waals surface area contributed by atoms with Crippen LogP contribution in [0.15, 0.2) is 0 Å². The number of nitrogens with zero attached hydrogens (tertiary/aromatic N) is 1. The van der Waals surface area contributed by atoms with Gasteiger partial charge >= 0.3 is 0 Å². The quantitative estimate of drug-likeness (QED) is 0.697. The van der Waals surface area contributed by atoms with Gasteiger partial charge in [-0.3, -0.25) is 9.59 Å². The Morgan fingerprint density at radius 3 is 2.82 bits per heavy atom. The maximum Gasteiger partial charge on any atom is 0.242 e. The fraction of sp³-hybridized carbons (Fsp3) is 0.833. The Bertz CT molecular complexity index is 324. The van der Waals surface area contributed by atoms with Crippen LogP contribution in [0.3, 0.4) is 0 Å². The maximum absolute atomic E-state index is 12.5. The molecule has 0 aliphatic carbocycles. The molecule has 0 radical (unpaired) electrons. The third kappa shape index (κ3) is 2.16. The van der Waals surface area contributed by atoms with Crippen LogP contribution in [-0.4, -0.2) is 49.4 Å². The lowest BCUT2D eigenvalue weighted by atomic mass is 9.88. The smallest absolute Gasteiger partial charge is 0.242 e. The van der Waals surface area contributed by atoms with Gasteiger partial charge in [-0.15, -0.1) is 0 Å². The minimum atomic E-state index is -0.323. The van der Waals surface area contributed by atoms with Crippen molar-refractivity contribution >= 4 is 11.8 Å². The number of amides is 2. The lowest BCUT2D eigenvalue weighted by Crippen LogP contribution is -2.50. The van der Waals surface area contributed by atoms with E-state index in [1.807, 2.05) is 6.92 Å². The van der Waals surface area contributed by atoms with E-state index in [0.717, 1.165) is 32.4 Å². The number of rotatable bonds is 2.